The van der Waals surface area contributed by atoms with Crippen LogP contribution in [0.25, 0.3) is 0 Å². The molecule has 0 N–H and O–H groups in total. The van der Waals surface area contributed by atoms with Crippen LogP contribution in [0.2, 0.25) is 0 Å². The van der Waals surface area contributed by atoms with Gasteiger partial charge in [0.25, 0.3) is 0 Å². The van der Waals surface area contributed by atoms with Crippen LogP contribution >= 0.6 is 0 Å². The molecule has 1 amide bonds. The maximum atomic E-state index is 12.6. The third kappa shape index (κ3) is 4.24. The zero-order valence-corrected chi connectivity index (χ0v) is 15.2. The van der Waals surface area contributed by atoms with E-state index in [9.17, 15) is 4.79 Å². The van der Waals surface area contributed by atoms with Gasteiger partial charge in [0.2, 0.25) is 11.8 Å². The van der Waals surface area contributed by atoms with Gasteiger partial charge in [0, 0.05) is 37.2 Å². The molecule has 1 atom stereocenters. The highest BCUT2D eigenvalue weighted by Gasteiger charge is 2.29. The molecule has 1 aliphatic rings. The second kappa shape index (κ2) is 7.33. The second-order valence-corrected chi connectivity index (χ2v) is 7.64. The lowest BCUT2D eigenvalue weighted by Gasteiger charge is -2.25. The largest absolute Gasteiger partial charge is 0.339 e. The summed E-state index contributed by atoms with van der Waals surface area (Å²) in [6, 6.07) is 4.19. The summed E-state index contributed by atoms with van der Waals surface area (Å²) in [5.74, 6) is 1.53. The Hall–Kier alpha value is -2.24. The number of amides is 1. The first-order valence-corrected chi connectivity index (χ1v) is 8.97. The van der Waals surface area contributed by atoms with Crippen LogP contribution in [0, 0.1) is 0 Å². The van der Waals surface area contributed by atoms with E-state index in [2.05, 4.69) is 35.9 Å². The van der Waals surface area contributed by atoms with E-state index in [4.69, 9.17) is 4.52 Å². The van der Waals surface area contributed by atoms with Crippen LogP contribution in [-0.2, 0) is 16.6 Å². The molecule has 2 aromatic rings. The van der Waals surface area contributed by atoms with Crippen molar-refractivity contribution in [2.45, 2.75) is 64.3 Å². The number of rotatable bonds is 5. The van der Waals surface area contributed by atoms with E-state index in [0.29, 0.717) is 24.6 Å². The molecule has 0 spiro atoms. The summed E-state index contributed by atoms with van der Waals surface area (Å²) in [7, 11) is 0. The van der Waals surface area contributed by atoms with Crippen LogP contribution in [0.4, 0.5) is 0 Å². The average Bonchev–Trinajstić information content (AvgIpc) is 3.24. The fourth-order valence-electron chi connectivity index (χ4n) is 3.19. The summed E-state index contributed by atoms with van der Waals surface area (Å²) < 4.78 is 5.30. The number of hydrogen-bond acceptors (Lipinski definition) is 5. The Bertz CT molecular complexity index is 706. The lowest BCUT2D eigenvalue weighted by Crippen LogP contribution is -2.30. The fraction of sp³-hybridized carbons (Fsp3) is 0.579. The lowest BCUT2D eigenvalue weighted by atomic mass is 9.96. The smallest absolute Gasteiger partial charge is 0.226 e. The van der Waals surface area contributed by atoms with E-state index >= 15 is 0 Å². The molecule has 0 aliphatic carbocycles. The first-order chi connectivity index (χ1) is 11.9. The molecule has 3 rings (SSSR count). The molecule has 25 heavy (non-hydrogen) atoms. The van der Waals surface area contributed by atoms with Gasteiger partial charge >= 0.3 is 0 Å². The molecule has 1 unspecified atom stereocenters. The van der Waals surface area contributed by atoms with E-state index < -0.39 is 0 Å². The van der Waals surface area contributed by atoms with E-state index in [1.165, 1.54) is 5.56 Å². The molecule has 0 radical (unpaired) electrons. The Morgan fingerprint density at radius 3 is 2.76 bits per heavy atom. The Balaban J connectivity index is 1.53. The topological polar surface area (TPSA) is 72.1 Å². The van der Waals surface area contributed by atoms with Crippen LogP contribution in [-0.4, -0.2) is 32.5 Å². The van der Waals surface area contributed by atoms with Crippen molar-refractivity contribution < 1.29 is 9.32 Å². The molecule has 1 aliphatic heterocycles. The van der Waals surface area contributed by atoms with Gasteiger partial charge in [0.15, 0.2) is 5.82 Å². The van der Waals surface area contributed by atoms with Crippen LogP contribution in [0.15, 0.2) is 29.0 Å². The Morgan fingerprint density at radius 1 is 1.32 bits per heavy atom. The van der Waals surface area contributed by atoms with Crippen molar-refractivity contribution in [1.29, 1.82) is 0 Å². The van der Waals surface area contributed by atoms with Crippen molar-refractivity contribution in [2.75, 3.05) is 6.54 Å². The van der Waals surface area contributed by atoms with Crippen molar-refractivity contribution in [3.05, 3.63) is 41.8 Å². The summed E-state index contributed by atoms with van der Waals surface area (Å²) in [6.45, 7) is 6.99. The zero-order chi connectivity index (χ0) is 17.9. The molecule has 0 aromatic carbocycles. The van der Waals surface area contributed by atoms with Crippen molar-refractivity contribution in [1.82, 2.24) is 20.0 Å². The molecule has 3 heterocycles. The Morgan fingerprint density at radius 2 is 2.08 bits per heavy atom. The van der Waals surface area contributed by atoms with Crippen molar-refractivity contribution in [3.63, 3.8) is 0 Å². The van der Waals surface area contributed by atoms with Gasteiger partial charge in [-0.25, -0.2) is 0 Å². The van der Waals surface area contributed by atoms with Gasteiger partial charge in [-0.1, -0.05) is 25.9 Å². The molecule has 1 saturated heterocycles. The van der Waals surface area contributed by atoms with Crippen LogP contribution in [0.3, 0.4) is 0 Å². The van der Waals surface area contributed by atoms with E-state index in [0.717, 1.165) is 25.8 Å². The standard InChI is InChI=1S/C19H26N4O2/c1-19(2,3)18-21-16(25-22-18)7-4-8-17(24)23-13-5-6-15(23)14-9-11-20-12-10-14/h9-12,15H,4-8,13H2,1-3H3. The molecular weight excluding hydrogens is 316 g/mol. The predicted molar refractivity (Wildman–Crippen MR) is 93.9 cm³/mol. The summed E-state index contributed by atoms with van der Waals surface area (Å²) in [4.78, 5) is 23.1. The van der Waals surface area contributed by atoms with Crippen molar-refractivity contribution >= 4 is 5.91 Å². The van der Waals surface area contributed by atoms with E-state index in [1.54, 1.807) is 12.4 Å². The van der Waals surface area contributed by atoms with Crippen LogP contribution < -0.4 is 0 Å². The number of aryl methyl sites for hydroxylation is 1. The molecule has 0 bridgehead atoms. The fourth-order valence-corrected chi connectivity index (χ4v) is 3.19. The molecular formula is C19H26N4O2. The van der Waals surface area contributed by atoms with E-state index in [1.807, 2.05) is 17.0 Å². The third-order valence-electron chi connectivity index (χ3n) is 4.58. The Labute approximate surface area is 148 Å². The lowest BCUT2D eigenvalue weighted by molar-refractivity contribution is -0.132. The van der Waals surface area contributed by atoms with Crippen LogP contribution in [0.1, 0.15) is 69.8 Å². The molecule has 1 fully saturated rings. The molecule has 0 saturated carbocycles. The number of carbonyl (C=O) groups is 1. The van der Waals surface area contributed by atoms with Gasteiger partial charge in [-0.05, 0) is 37.0 Å². The monoisotopic (exact) mass is 342 g/mol. The highest BCUT2D eigenvalue weighted by atomic mass is 16.5. The van der Waals surface area contributed by atoms with Gasteiger partial charge in [-0.15, -0.1) is 0 Å². The van der Waals surface area contributed by atoms with Gasteiger partial charge in [0.05, 0.1) is 6.04 Å². The number of likely N-dealkylation sites (tertiary alicyclic amines) is 1. The minimum absolute atomic E-state index is 0.120. The second-order valence-electron chi connectivity index (χ2n) is 7.64. The van der Waals surface area contributed by atoms with Gasteiger partial charge in [-0.2, -0.15) is 4.98 Å². The summed E-state index contributed by atoms with van der Waals surface area (Å²) in [5, 5.41) is 4.03. The zero-order valence-electron chi connectivity index (χ0n) is 15.2. The SMILES string of the molecule is CC(C)(C)c1noc(CCCC(=O)N2CCCC2c2ccncc2)n1. The van der Waals surface area contributed by atoms with Crippen LogP contribution in [0.5, 0.6) is 0 Å². The van der Waals surface area contributed by atoms with Crippen molar-refractivity contribution in [2.24, 2.45) is 0 Å². The first kappa shape index (κ1) is 17.6. The highest BCUT2D eigenvalue weighted by Crippen LogP contribution is 2.32. The quantitative estimate of drug-likeness (QED) is 0.832. The van der Waals surface area contributed by atoms with Crippen molar-refractivity contribution in [3.8, 4) is 0 Å². The third-order valence-corrected chi connectivity index (χ3v) is 4.58. The predicted octanol–water partition coefficient (Wildman–Crippen LogP) is 3.45. The average molecular weight is 342 g/mol. The highest BCUT2D eigenvalue weighted by molar-refractivity contribution is 5.77. The minimum atomic E-state index is -0.120. The summed E-state index contributed by atoms with van der Waals surface area (Å²) >= 11 is 0. The Kier molecular flexibility index (Phi) is 5.16. The number of pyridine rings is 1. The summed E-state index contributed by atoms with van der Waals surface area (Å²) in [6.07, 6.45) is 7.53. The minimum Gasteiger partial charge on any atom is -0.339 e. The first-order valence-electron chi connectivity index (χ1n) is 8.97. The molecule has 6 heteroatoms. The maximum absolute atomic E-state index is 12.6. The van der Waals surface area contributed by atoms with Gasteiger partial charge in [0.1, 0.15) is 0 Å². The van der Waals surface area contributed by atoms with Gasteiger partial charge < -0.3 is 9.42 Å². The summed E-state index contributed by atoms with van der Waals surface area (Å²) in [5.41, 5.74) is 1.05. The molecule has 6 nitrogen and oxygen atoms in total. The number of aromatic nitrogens is 3. The van der Waals surface area contributed by atoms with E-state index in [-0.39, 0.29) is 17.4 Å². The molecule has 134 valence electrons. The normalized spacial score (nSPS) is 17.9. The number of nitrogens with zero attached hydrogens (tertiary/aromatic N) is 4. The number of carbonyl (C=O) groups excluding carboxylic acids is 1. The van der Waals surface area contributed by atoms with Gasteiger partial charge in [-0.3, -0.25) is 9.78 Å². The number of hydrogen-bond donors (Lipinski definition) is 0. The molecule has 2 aromatic heterocycles. The maximum Gasteiger partial charge on any atom is 0.226 e.